The average Bonchev–Trinajstić information content (AvgIpc) is 3.03. The van der Waals surface area contributed by atoms with Crippen LogP contribution in [0, 0.1) is 0 Å². The standard InChI is InChI=1S/C23H17N3O4S/c24-20(27)13-31-19-11-4-3-10-18(19)21(28)25-14-6-5-7-15(12-14)26-22(29)16-8-1-2-9-17(16)23(26)30/h1-12H,13H2,(H2,24,27)(H,25,28). The molecule has 3 N–H and O–H groups in total. The molecule has 0 unspecified atom stereocenters. The molecule has 0 saturated carbocycles. The molecule has 7 nitrogen and oxygen atoms in total. The van der Waals surface area contributed by atoms with Gasteiger partial charge in [0.1, 0.15) is 0 Å². The molecule has 0 atom stereocenters. The topological polar surface area (TPSA) is 110 Å². The number of benzene rings is 3. The van der Waals surface area contributed by atoms with Crippen molar-refractivity contribution in [2.75, 3.05) is 16.0 Å². The maximum atomic E-state index is 12.8. The Labute approximate surface area is 182 Å². The summed E-state index contributed by atoms with van der Waals surface area (Å²) in [6, 6.07) is 20.0. The summed E-state index contributed by atoms with van der Waals surface area (Å²) in [5.41, 5.74) is 7.07. The van der Waals surface area contributed by atoms with E-state index in [0.29, 0.717) is 33.0 Å². The Morgan fingerprint density at radius 3 is 2.19 bits per heavy atom. The van der Waals surface area contributed by atoms with Crippen molar-refractivity contribution in [3.8, 4) is 0 Å². The molecule has 3 aromatic carbocycles. The van der Waals surface area contributed by atoms with Gasteiger partial charge in [-0.05, 0) is 42.5 Å². The lowest BCUT2D eigenvalue weighted by Crippen LogP contribution is -2.29. The monoisotopic (exact) mass is 431 g/mol. The predicted octanol–water partition coefficient (Wildman–Crippen LogP) is 3.32. The number of hydrogen-bond donors (Lipinski definition) is 2. The van der Waals surface area contributed by atoms with Crippen LogP contribution in [0.2, 0.25) is 0 Å². The predicted molar refractivity (Wildman–Crippen MR) is 118 cm³/mol. The average molecular weight is 431 g/mol. The van der Waals surface area contributed by atoms with Crippen molar-refractivity contribution in [1.29, 1.82) is 0 Å². The van der Waals surface area contributed by atoms with E-state index in [2.05, 4.69) is 5.32 Å². The van der Waals surface area contributed by atoms with Crippen LogP contribution in [-0.4, -0.2) is 29.4 Å². The Morgan fingerprint density at radius 1 is 0.871 bits per heavy atom. The molecule has 1 aliphatic rings. The fourth-order valence-electron chi connectivity index (χ4n) is 3.27. The lowest BCUT2D eigenvalue weighted by Gasteiger charge is -2.16. The van der Waals surface area contributed by atoms with Crippen molar-refractivity contribution in [3.63, 3.8) is 0 Å². The molecule has 0 saturated heterocycles. The summed E-state index contributed by atoms with van der Waals surface area (Å²) in [6.45, 7) is 0. The van der Waals surface area contributed by atoms with E-state index in [1.165, 1.54) is 11.8 Å². The van der Waals surface area contributed by atoms with Gasteiger partial charge in [-0.25, -0.2) is 4.90 Å². The molecule has 0 aliphatic carbocycles. The number of carbonyl (C=O) groups excluding carboxylic acids is 4. The molecule has 4 amide bonds. The van der Waals surface area contributed by atoms with Gasteiger partial charge in [-0.3, -0.25) is 19.2 Å². The summed E-state index contributed by atoms with van der Waals surface area (Å²) in [6.07, 6.45) is 0. The SMILES string of the molecule is NC(=O)CSc1ccccc1C(=O)Nc1cccc(N2C(=O)c3ccccc3C2=O)c1. The number of rotatable bonds is 6. The second-order valence-electron chi connectivity index (χ2n) is 6.75. The van der Waals surface area contributed by atoms with Gasteiger partial charge in [-0.15, -0.1) is 11.8 Å². The van der Waals surface area contributed by atoms with Gasteiger partial charge in [0.15, 0.2) is 0 Å². The van der Waals surface area contributed by atoms with Gasteiger partial charge in [0.05, 0.1) is 28.1 Å². The molecule has 31 heavy (non-hydrogen) atoms. The molecule has 154 valence electrons. The quantitative estimate of drug-likeness (QED) is 0.460. The lowest BCUT2D eigenvalue weighted by molar-refractivity contribution is -0.115. The molecule has 1 aliphatic heterocycles. The van der Waals surface area contributed by atoms with Crippen molar-refractivity contribution in [2.45, 2.75) is 4.90 Å². The second-order valence-corrected chi connectivity index (χ2v) is 7.76. The first-order valence-electron chi connectivity index (χ1n) is 9.35. The van der Waals surface area contributed by atoms with Gasteiger partial charge in [0, 0.05) is 10.6 Å². The number of carbonyl (C=O) groups is 4. The number of fused-ring (bicyclic) bond motifs is 1. The Morgan fingerprint density at radius 2 is 1.52 bits per heavy atom. The zero-order chi connectivity index (χ0) is 22.0. The number of nitrogens with one attached hydrogen (secondary N) is 1. The lowest BCUT2D eigenvalue weighted by atomic mass is 10.1. The molecule has 0 radical (unpaired) electrons. The van der Waals surface area contributed by atoms with Crippen LogP contribution in [0.1, 0.15) is 31.1 Å². The van der Waals surface area contributed by atoms with Gasteiger partial charge < -0.3 is 11.1 Å². The second kappa shape index (κ2) is 8.45. The third-order valence-corrected chi connectivity index (χ3v) is 5.75. The Bertz CT molecular complexity index is 1190. The third kappa shape index (κ3) is 4.06. The van der Waals surface area contributed by atoms with Crippen molar-refractivity contribution in [2.24, 2.45) is 5.73 Å². The number of nitrogens with two attached hydrogens (primary N) is 1. The summed E-state index contributed by atoms with van der Waals surface area (Å²) in [7, 11) is 0. The fourth-order valence-corrected chi connectivity index (χ4v) is 4.06. The maximum absolute atomic E-state index is 12.8. The Balaban J connectivity index is 1.57. The Kier molecular flexibility index (Phi) is 5.55. The molecule has 0 aromatic heterocycles. The largest absolute Gasteiger partial charge is 0.369 e. The molecule has 8 heteroatoms. The zero-order valence-electron chi connectivity index (χ0n) is 16.2. The van der Waals surface area contributed by atoms with E-state index < -0.39 is 17.7 Å². The summed E-state index contributed by atoms with van der Waals surface area (Å²) in [4.78, 5) is 51.1. The molecule has 0 bridgehead atoms. The smallest absolute Gasteiger partial charge is 0.266 e. The van der Waals surface area contributed by atoms with Gasteiger partial charge in [-0.1, -0.05) is 30.3 Å². The van der Waals surface area contributed by atoms with Crippen LogP contribution in [0.4, 0.5) is 11.4 Å². The summed E-state index contributed by atoms with van der Waals surface area (Å²) in [5.74, 6) is -1.62. The van der Waals surface area contributed by atoms with E-state index in [1.54, 1.807) is 72.8 Å². The van der Waals surface area contributed by atoms with E-state index >= 15 is 0 Å². The van der Waals surface area contributed by atoms with Crippen LogP contribution in [0.25, 0.3) is 0 Å². The number of nitrogens with zero attached hydrogens (tertiary/aromatic N) is 1. The normalized spacial score (nSPS) is 12.6. The highest BCUT2D eigenvalue weighted by atomic mass is 32.2. The van der Waals surface area contributed by atoms with Crippen molar-refractivity contribution < 1.29 is 19.2 Å². The molecular weight excluding hydrogens is 414 g/mol. The van der Waals surface area contributed by atoms with Crippen molar-refractivity contribution in [1.82, 2.24) is 0 Å². The van der Waals surface area contributed by atoms with Crippen LogP contribution in [-0.2, 0) is 4.79 Å². The highest BCUT2D eigenvalue weighted by molar-refractivity contribution is 8.00. The molecule has 0 fully saturated rings. The van der Waals surface area contributed by atoms with Gasteiger partial charge in [0.25, 0.3) is 17.7 Å². The molecular formula is C23H17N3O4S. The van der Waals surface area contributed by atoms with Gasteiger partial charge in [-0.2, -0.15) is 0 Å². The summed E-state index contributed by atoms with van der Waals surface area (Å²) < 4.78 is 0. The van der Waals surface area contributed by atoms with Crippen LogP contribution in [0.5, 0.6) is 0 Å². The van der Waals surface area contributed by atoms with E-state index in [1.807, 2.05) is 0 Å². The van der Waals surface area contributed by atoms with Crippen molar-refractivity contribution >= 4 is 46.8 Å². The Hall–Kier alpha value is -3.91. The van der Waals surface area contributed by atoms with E-state index in [4.69, 9.17) is 5.73 Å². The first kappa shape index (κ1) is 20.4. The fraction of sp³-hybridized carbons (Fsp3) is 0.0435. The van der Waals surface area contributed by atoms with Crippen molar-refractivity contribution in [3.05, 3.63) is 89.5 Å². The maximum Gasteiger partial charge on any atom is 0.266 e. The third-order valence-electron chi connectivity index (χ3n) is 4.66. The van der Waals surface area contributed by atoms with Gasteiger partial charge >= 0.3 is 0 Å². The number of hydrogen-bond acceptors (Lipinski definition) is 5. The van der Waals surface area contributed by atoms with E-state index in [-0.39, 0.29) is 11.7 Å². The highest BCUT2D eigenvalue weighted by Crippen LogP contribution is 2.30. The minimum absolute atomic E-state index is 0.0551. The number of thioether (sulfide) groups is 1. The minimum atomic E-state index is -0.478. The van der Waals surface area contributed by atoms with E-state index in [9.17, 15) is 19.2 Å². The van der Waals surface area contributed by atoms with Gasteiger partial charge in [0.2, 0.25) is 5.91 Å². The molecule has 3 aromatic rings. The van der Waals surface area contributed by atoms with Crippen LogP contribution in [0.3, 0.4) is 0 Å². The number of anilines is 2. The first-order valence-corrected chi connectivity index (χ1v) is 10.3. The van der Waals surface area contributed by atoms with Crippen LogP contribution >= 0.6 is 11.8 Å². The molecule has 0 spiro atoms. The number of primary amides is 1. The number of imide groups is 1. The first-order chi connectivity index (χ1) is 15.0. The highest BCUT2D eigenvalue weighted by Gasteiger charge is 2.36. The summed E-state index contributed by atoms with van der Waals surface area (Å²) in [5, 5.41) is 2.78. The number of amides is 4. The minimum Gasteiger partial charge on any atom is -0.369 e. The molecule has 1 heterocycles. The summed E-state index contributed by atoms with van der Waals surface area (Å²) >= 11 is 1.18. The zero-order valence-corrected chi connectivity index (χ0v) is 17.0. The van der Waals surface area contributed by atoms with E-state index in [0.717, 1.165) is 4.90 Å². The molecule has 4 rings (SSSR count). The van der Waals surface area contributed by atoms with Crippen LogP contribution in [0.15, 0.2) is 77.7 Å². The van der Waals surface area contributed by atoms with Crippen LogP contribution < -0.4 is 16.0 Å².